The molecule has 2 unspecified atom stereocenters. The van der Waals surface area contributed by atoms with E-state index in [4.69, 9.17) is 0 Å². The number of nitrogens with zero attached hydrogens (tertiary/aromatic N) is 3. The number of pyridine rings is 1. The summed E-state index contributed by atoms with van der Waals surface area (Å²) in [6.07, 6.45) is 5.00. The fourth-order valence-electron chi connectivity index (χ4n) is 3.73. The Kier molecular flexibility index (Phi) is 4.07. The molecule has 24 heavy (non-hydrogen) atoms. The van der Waals surface area contributed by atoms with Crippen molar-refractivity contribution >= 4 is 23.4 Å². The van der Waals surface area contributed by atoms with Crippen LogP contribution in [-0.2, 0) is 0 Å². The van der Waals surface area contributed by atoms with Crippen LogP contribution in [0.4, 0.5) is 4.79 Å². The van der Waals surface area contributed by atoms with E-state index in [0.29, 0.717) is 18.5 Å². The molecular weight excluding hydrogens is 306 g/mol. The lowest BCUT2D eigenvalue weighted by atomic mass is 9.79. The van der Waals surface area contributed by atoms with Crippen molar-refractivity contribution < 1.29 is 14.7 Å². The zero-order valence-corrected chi connectivity index (χ0v) is 14.3. The lowest BCUT2D eigenvalue weighted by molar-refractivity contribution is 0.0435. The van der Waals surface area contributed by atoms with Gasteiger partial charge >= 0.3 is 6.09 Å². The number of amides is 1. The van der Waals surface area contributed by atoms with Gasteiger partial charge in [0.2, 0.25) is 0 Å². The van der Waals surface area contributed by atoms with Crippen molar-refractivity contribution in [3.8, 4) is 0 Å². The van der Waals surface area contributed by atoms with E-state index in [1.165, 1.54) is 0 Å². The first-order valence-corrected chi connectivity index (χ1v) is 8.23. The summed E-state index contributed by atoms with van der Waals surface area (Å²) >= 11 is 0. The molecule has 2 aromatic rings. The molecule has 0 bridgehead atoms. The predicted molar refractivity (Wildman–Crippen MR) is 91.4 cm³/mol. The summed E-state index contributed by atoms with van der Waals surface area (Å²) in [6, 6.07) is 3.78. The minimum atomic E-state index is -0.863. The van der Waals surface area contributed by atoms with Crippen molar-refractivity contribution in [2.45, 2.75) is 45.7 Å². The number of piperidine rings is 1. The average molecular weight is 329 g/mol. The van der Waals surface area contributed by atoms with Crippen LogP contribution < -0.4 is 0 Å². The number of likely N-dealkylation sites (tertiary alicyclic amines) is 1. The summed E-state index contributed by atoms with van der Waals surface area (Å²) in [5.74, 6) is 0. The molecule has 0 spiro atoms. The molecule has 0 aromatic carbocycles. The van der Waals surface area contributed by atoms with Crippen LogP contribution in [0.3, 0.4) is 0 Å². The molecule has 3 rings (SSSR count). The number of carboxylic acid groups (broad SMARTS) is 1. The summed E-state index contributed by atoms with van der Waals surface area (Å²) in [7, 11) is 0. The van der Waals surface area contributed by atoms with Crippen LogP contribution in [0.15, 0.2) is 24.5 Å². The number of carbonyl (C=O) groups is 2. The number of hydrogen-bond acceptors (Lipinski definition) is 3. The highest BCUT2D eigenvalue weighted by Crippen LogP contribution is 2.38. The van der Waals surface area contributed by atoms with Gasteiger partial charge in [-0.25, -0.2) is 9.78 Å². The Morgan fingerprint density at radius 3 is 2.79 bits per heavy atom. The first-order chi connectivity index (χ1) is 11.3. The average Bonchev–Trinajstić information content (AvgIpc) is 2.92. The normalized spacial score (nSPS) is 21.9. The maximum atomic E-state index is 11.6. The fraction of sp³-hybridized carbons (Fsp3) is 0.500. The number of hydrogen-bond donors (Lipinski definition) is 1. The highest BCUT2D eigenvalue weighted by Gasteiger charge is 2.39. The lowest BCUT2D eigenvalue weighted by Gasteiger charge is -2.45. The van der Waals surface area contributed by atoms with Crippen molar-refractivity contribution in [3.63, 3.8) is 0 Å². The third kappa shape index (κ3) is 2.77. The summed E-state index contributed by atoms with van der Waals surface area (Å²) < 4.78 is 2.05. The first-order valence-electron chi connectivity index (χ1n) is 8.23. The molecule has 2 aromatic heterocycles. The smallest absolute Gasteiger partial charge is 0.407 e. The van der Waals surface area contributed by atoms with Gasteiger partial charge in [0.1, 0.15) is 5.65 Å². The number of carbonyl (C=O) groups excluding carboxylic acids is 1. The van der Waals surface area contributed by atoms with Crippen LogP contribution in [0.5, 0.6) is 0 Å². The van der Waals surface area contributed by atoms with E-state index in [-0.39, 0.29) is 17.5 Å². The monoisotopic (exact) mass is 329 g/mol. The molecule has 3 heterocycles. The number of aromatic nitrogens is 2. The quantitative estimate of drug-likeness (QED) is 0.855. The maximum absolute atomic E-state index is 11.6. The minimum absolute atomic E-state index is 0.0745. The van der Waals surface area contributed by atoms with Crippen molar-refractivity contribution in [2.75, 3.05) is 6.54 Å². The van der Waals surface area contributed by atoms with E-state index in [1.807, 2.05) is 18.3 Å². The van der Waals surface area contributed by atoms with Crippen LogP contribution in [0.1, 0.15) is 50.0 Å². The van der Waals surface area contributed by atoms with Crippen LogP contribution in [-0.4, -0.2) is 44.5 Å². The molecule has 0 saturated carbocycles. The second-order valence-electron chi connectivity index (χ2n) is 7.52. The third-order valence-electron chi connectivity index (χ3n) is 4.96. The SMILES string of the molecule is CC(C)(C)C1CC(n2cc(C=O)c3cccnc32)CCN1C(=O)O. The van der Waals surface area contributed by atoms with Gasteiger partial charge in [-0.05, 0) is 30.4 Å². The fourth-order valence-corrected chi connectivity index (χ4v) is 3.73. The maximum Gasteiger partial charge on any atom is 0.407 e. The third-order valence-corrected chi connectivity index (χ3v) is 4.96. The minimum Gasteiger partial charge on any atom is -0.465 e. The Morgan fingerprint density at radius 1 is 1.42 bits per heavy atom. The molecule has 1 saturated heterocycles. The molecule has 1 amide bonds. The molecule has 1 N–H and O–H groups in total. The number of fused-ring (bicyclic) bond motifs is 1. The van der Waals surface area contributed by atoms with Crippen LogP contribution in [0.2, 0.25) is 0 Å². The topological polar surface area (TPSA) is 75.4 Å². The zero-order valence-electron chi connectivity index (χ0n) is 14.3. The van der Waals surface area contributed by atoms with Crippen molar-refractivity contribution in [1.29, 1.82) is 0 Å². The van der Waals surface area contributed by atoms with E-state index in [0.717, 1.165) is 23.7 Å². The Morgan fingerprint density at radius 2 is 2.17 bits per heavy atom. The summed E-state index contributed by atoms with van der Waals surface area (Å²) in [6.45, 7) is 6.70. The molecule has 0 aliphatic carbocycles. The zero-order chi connectivity index (χ0) is 17.5. The molecule has 6 nitrogen and oxygen atoms in total. The van der Waals surface area contributed by atoms with Crippen molar-refractivity contribution in [2.24, 2.45) is 5.41 Å². The Hall–Kier alpha value is -2.37. The Balaban J connectivity index is 1.99. The Bertz CT molecular complexity index is 775. The van der Waals surface area contributed by atoms with Gasteiger partial charge in [0.25, 0.3) is 0 Å². The summed E-state index contributed by atoms with van der Waals surface area (Å²) in [5, 5.41) is 10.4. The van der Waals surface area contributed by atoms with Gasteiger partial charge in [-0.2, -0.15) is 0 Å². The van der Waals surface area contributed by atoms with Crippen LogP contribution in [0.25, 0.3) is 11.0 Å². The summed E-state index contributed by atoms with van der Waals surface area (Å²) in [5.41, 5.74) is 1.27. The molecule has 1 aliphatic rings. The molecule has 1 fully saturated rings. The van der Waals surface area contributed by atoms with Crippen molar-refractivity contribution in [3.05, 3.63) is 30.1 Å². The second-order valence-corrected chi connectivity index (χ2v) is 7.52. The molecule has 1 aliphatic heterocycles. The van der Waals surface area contributed by atoms with Gasteiger partial charge in [0, 0.05) is 42.0 Å². The van der Waals surface area contributed by atoms with E-state index in [2.05, 4.69) is 30.3 Å². The van der Waals surface area contributed by atoms with Gasteiger partial charge in [-0.15, -0.1) is 0 Å². The van der Waals surface area contributed by atoms with E-state index in [1.54, 1.807) is 11.1 Å². The highest BCUT2D eigenvalue weighted by atomic mass is 16.4. The van der Waals surface area contributed by atoms with Crippen molar-refractivity contribution in [1.82, 2.24) is 14.5 Å². The van der Waals surface area contributed by atoms with Gasteiger partial charge in [-0.3, -0.25) is 4.79 Å². The van der Waals surface area contributed by atoms with Gasteiger partial charge < -0.3 is 14.6 Å². The summed E-state index contributed by atoms with van der Waals surface area (Å²) in [4.78, 5) is 28.9. The van der Waals surface area contributed by atoms with E-state index < -0.39 is 6.09 Å². The lowest BCUT2D eigenvalue weighted by Crippen LogP contribution is -2.51. The molecule has 128 valence electrons. The van der Waals surface area contributed by atoms with Gasteiger partial charge in [0.05, 0.1) is 0 Å². The molecular formula is C18H23N3O3. The Labute approximate surface area is 141 Å². The standard InChI is InChI=1S/C18H23N3O3/c1-18(2,3)15-9-13(6-8-20(15)17(23)24)21-10-12(11-22)14-5-4-7-19-16(14)21/h4-5,7,10-11,13,15H,6,8-9H2,1-3H3,(H,23,24). The van der Waals surface area contributed by atoms with E-state index in [9.17, 15) is 14.7 Å². The molecule has 0 radical (unpaired) electrons. The van der Waals surface area contributed by atoms with Crippen LogP contribution >= 0.6 is 0 Å². The van der Waals surface area contributed by atoms with Gasteiger partial charge in [-0.1, -0.05) is 20.8 Å². The number of rotatable bonds is 2. The highest BCUT2D eigenvalue weighted by molar-refractivity contribution is 5.96. The van der Waals surface area contributed by atoms with E-state index >= 15 is 0 Å². The predicted octanol–water partition coefficient (Wildman–Crippen LogP) is 3.58. The van der Waals surface area contributed by atoms with Gasteiger partial charge in [0.15, 0.2) is 6.29 Å². The second kappa shape index (κ2) is 5.92. The molecule has 6 heteroatoms. The van der Waals surface area contributed by atoms with Crippen LogP contribution in [0, 0.1) is 5.41 Å². The largest absolute Gasteiger partial charge is 0.465 e. The first kappa shape index (κ1) is 16.5. The molecule has 2 atom stereocenters. The number of aldehydes is 1.